The first-order valence-corrected chi connectivity index (χ1v) is 22.6. The second-order valence-corrected chi connectivity index (χ2v) is 19.2. The zero-order chi connectivity index (χ0) is 38.5. The van der Waals surface area contributed by atoms with E-state index in [1.807, 2.05) is 22.7 Å². The Labute approximate surface area is 347 Å². The quantitative estimate of drug-likeness (QED) is 0.168. The molecule has 2 heterocycles. The van der Waals surface area contributed by atoms with E-state index in [1.165, 1.54) is 139 Å². The van der Waals surface area contributed by atoms with E-state index < -0.39 is 0 Å². The molecule has 0 bridgehead atoms. The lowest BCUT2D eigenvalue weighted by molar-refractivity contribution is 0.444. The molecule has 10 aromatic rings. The maximum absolute atomic E-state index is 2.55. The highest BCUT2D eigenvalue weighted by atomic mass is 32.1. The molecule has 2 aliphatic rings. The SMILES string of the molecule is CC1(C)c2ccccc2-c2cc(N(c3ccc4c(c3)sc3cc(C5CCCCC5)ccc34)c3ccc4ccccc4c3-c3cccc4c3sc3ccccc34)ccc21. The fourth-order valence-corrected chi connectivity index (χ4v) is 13.0. The molecule has 2 aliphatic carbocycles. The van der Waals surface area contributed by atoms with Crippen molar-refractivity contribution >= 4 is 90.9 Å². The fourth-order valence-electron chi connectivity index (χ4n) is 10.6. The number of nitrogens with zero attached hydrogens (tertiary/aromatic N) is 1. The first-order valence-electron chi connectivity index (χ1n) is 20.9. The summed E-state index contributed by atoms with van der Waals surface area (Å²) in [7, 11) is 0. The van der Waals surface area contributed by atoms with Gasteiger partial charge in [0.05, 0.1) is 5.69 Å². The van der Waals surface area contributed by atoms with Crippen molar-refractivity contribution in [1.29, 1.82) is 0 Å². The van der Waals surface area contributed by atoms with E-state index in [-0.39, 0.29) is 5.41 Å². The minimum Gasteiger partial charge on any atom is -0.310 e. The van der Waals surface area contributed by atoms with E-state index in [1.54, 1.807) is 0 Å². The molecule has 8 aromatic carbocycles. The number of thiophene rings is 2. The largest absolute Gasteiger partial charge is 0.310 e. The summed E-state index contributed by atoms with van der Waals surface area (Å²) in [5.74, 6) is 0.695. The molecule has 12 rings (SSSR count). The molecule has 280 valence electrons. The van der Waals surface area contributed by atoms with E-state index in [2.05, 4.69) is 176 Å². The minimum atomic E-state index is -0.0628. The van der Waals surface area contributed by atoms with E-state index >= 15 is 0 Å². The lowest BCUT2D eigenvalue weighted by atomic mass is 9.82. The summed E-state index contributed by atoms with van der Waals surface area (Å²) in [6.07, 6.45) is 6.73. The maximum Gasteiger partial charge on any atom is 0.0547 e. The Balaban J connectivity index is 1.12. The normalized spacial score (nSPS) is 15.1. The molecule has 0 amide bonds. The first kappa shape index (κ1) is 34.3. The number of rotatable bonds is 5. The highest BCUT2D eigenvalue weighted by Gasteiger charge is 2.36. The van der Waals surface area contributed by atoms with Crippen LogP contribution in [-0.4, -0.2) is 0 Å². The molecule has 0 radical (unpaired) electrons. The zero-order valence-electron chi connectivity index (χ0n) is 32.9. The van der Waals surface area contributed by atoms with Crippen molar-refractivity contribution in [1.82, 2.24) is 0 Å². The Kier molecular flexibility index (Phi) is 7.78. The van der Waals surface area contributed by atoms with Crippen LogP contribution >= 0.6 is 22.7 Å². The van der Waals surface area contributed by atoms with Crippen LogP contribution in [0.15, 0.2) is 158 Å². The summed E-state index contributed by atoms with van der Waals surface area (Å²) >= 11 is 3.87. The molecule has 0 N–H and O–H groups in total. The van der Waals surface area contributed by atoms with Gasteiger partial charge in [-0.1, -0.05) is 148 Å². The number of fused-ring (bicyclic) bond motifs is 10. The fraction of sp³-hybridized carbons (Fsp3) is 0.164. The molecule has 1 nitrogen and oxygen atoms in total. The average molecular weight is 782 g/mol. The standard InChI is InChI=1S/C55H43NS2/c1-55(2)47-21-10-8-17-40(47)46-32-37(26-29-48(46)55)56(38-25-28-43-42-27-23-36(34-13-4-3-5-14-34)31-51(42)57-52(43)33-38)49-30-24-35-15-6-7-16-39(35)53(49)45-20-12-19-44-41-18-9-11-22-50(41)58-54(44)45/h6-12,15-34H,3-5,13-14H2,1-2H3. The molecule has 1 saturated carbocycles. The lowest BCUT2D eigenvalue weighted by Crippen LogP contribution is -2.15. The van der Waals surface area contributed by atoms with Crippen LogP contribution in [0.4, 0.5) is 17.1 Å². The third kappa shape index (κ3) is 5.19. The van der Waals surface area contributed by atoms with Crippen LogP contribution in [0.1, 0.15) is 68.6 Å². The molecule has 1 fully saturated rings. The van der Waals surface area contributed by atoms with Crippen molar-refractivity contribution in [2.75, 3.05) is 4.90 Å². The summed E-state index contributed by atoms with van der Waals surface area (Å²) in [5, 5.41) is 7.87. The molecule has 58 heavy (non-hydrogen) atoms. The zero-order valence-corrected chi connectivity index (χ0v) is 34.5. The lowest BCUT2D eigenvalue weighted by Gasteiger charge is -2.30. The van der Waals surface area contributed by atoms with Gasteiger partial charge in [-0.3, -0.25) is 0 Å². The molecule has 0 unspecified atom stereocenters. The monoisotopic (exact) mass is 781 g/mol. The Bertz CT molecular complexity index is 3260. The van der Waals surface area contributed by atoms with Crippen molar-refractivity contribution in [2.24, 2.45) is 0 Å². The van der Waals surface area contributed by atoms with Gasteiger partial charge in [0, 0.05) is 68.3 Å². The second-order valence-electron chi connectivity index (χ2n) is 17.1. The molecular weight excluding hydrogens is 739 g/mol. The topological polar surface area (TPSA) is 3.24 Å². The van der Waals surface area contributed by atoms with E-state index in [0.29, 0.717) is 5.92 Å². The Morgan fingerprint density at radius 1 is 0.483 bits per heavy atom. The number of benzene rings is 8. The predicted octanol–water partition coefficient (Wildman–Crippen LogP) is 17.1. The Hall–Kier alpha value is -5.74. The van der Waals surface area contributed by atoms with Crippen LogP contribution in [0.5, 0.6) is 0 Å². The van der Waals surface area contributed by atoms with Gasteiger partial charge >= 0.3 is 0 Å². The van der Waals surface area contributed by atoms with E-state index in [4.69, 9.17) is 0 Å². The van der Waals surface area contributed by atoms with Gasteiger partial charge in [-0.15, -0.1) is 22.7 Å². The van der Waals surface area contributed by atoms with Gasteiger partial charge in [0.2, 0.25) is 0 Å². The summed E-state index contributed by atoms with van der Waals surface area (Å²) in [4.78, 5) is 2.55. The second kappa shape index (κ2) is 13.1. The summed E-state index contributed by atoms with van der Waals surface area (Å²) in [5.41, 5.74) is 13.0. The summed E-state index contributed by atoms with van der Waals surface area (Å²) in [6.45, 7) is 4.74. The number of anilines is 3. The first-order chi connectivity index (χ1) is 28.5. The molecule has 0 aliphatic heterocycles. The smallest absolute Gasteiger partial charge is 0.0547 e. The van der Waals surface area contributed by atoms with Crippen molar-refractivity contribution in [2.45, 2.75) is 57.3 Å². The maximum atomic E-state index is 2.55. The van der Waals surface area contributed by atoms with Gasteiger partial charge in [0.15, 0.2) is 0 Å². The molecule has 0 atom stereocenters. The van der Waals surface area contributed by atoms with Gasteiger partial charge in [-0.25, -0.2) is 0 Å². The summed E-state index contributed by atoms with van der Waals surface area (Å²) in [6, 6.07) is 60.2. The highest BCUT2D eigenvalue weighted by Crippen LogP contribution is 2.53. The van der Waals surface area contributed by atoms with Crippen molar-refractivity contribution in [3.63, 3.8) is 0 Å². The van der Waals surface area contributed by atoms with Crippen molar-refractivity contribution < 1.29 is 0 Å². The predicted molar refractivity (Wildman–Crippen MR) is 253 cm³/mol. The third-order valence-corrected chi connectivity index (χ3v) is 15.8. The van der Waals surface area contributed by atoms with Crippen LogP contribution in [0, 0.1) is 0 Å². The number of hydrogen-bond acceptors (Lipinski definition) is 3. The van der Waals surface area contributed by atoms with Crippen LogP contribution < -0.4 is 4.90 Å². The molecular formula is C55H43NS2. The molecule has 3 heteroatoms. The molecule has 2 aromatic heterocycles. The van der Waals surface area contributed by atoms with Crippen molar-refractivity contribution in [3.05, 3.63) is 174 Å². The van der Waals surface area contributed by atoms with Crippen molar-refractivity contribution in [3.8, 4) is 22.3 Å². The van der Waals surface area contributed by atoms with Crippen LogP contribution in [0.3, 0.4) is 0 Å². The average Bonchev–Trinajstić information content (AvgIpc) is 3.91. The van der Waals surface area contributed by atoms with Gasteiger partial charge in [-0.05, 0) is 99.8 Å². The highest BCUT2D eigenvalue weighted by molar-refractivity contribution is 7.26. The van der Waals surface area contributed by atoms with Gasteiger partial charge in [0.1, 0.15) is 0 Å². The van der Waals surface area contributed by atoms with Crippen LogP contribution in [0.25, 0.3) is 73.4 Å². The number of hydrogen-bond donors (Lipinski definition) is 0. The van der Waals surface area contributed by atoms with Crippen LogP contribution in [0.2, 0.25) is 0 Å². The van der Waals surface area contributed by atoms with Gasteiger partial charge < -0.3 is 4.90 Å². The van der Waals surface area contributed by atoms with Gasteiger partial charge in [0.25, 0.3) is 0 Å². The Morgan fingerprint density at radius 3 is 2.05 bits per heavy atom. The summed E-state index contributed by atoms with van der Waals surface area (Å²) < 4.78 is 5.39. The Morgan fingerprint density at radius 2 is 1.16 bits per heavy atom. The molecule has 0 spiro atoms. The third-order valence-electron chi connectivity index (χ3n) is 13.5. The van der Waals surface area contributed by atoms with Gasteiger partial charge in [-0.2, -0.15) is 0 Å². The van der Waals surface area contributed by atoms with E-state index in [9.17, 15) is 0 Å². The van der Waals surface area contributed by atoms with E-state index in [0.717, 1.165) is 0 Å². The minimum absolute atomic E-state index is 0.0628. The van der Waals surface area contributed by atoms with Crippen LogP contribution in [-0.2, 0) is 5.41 Å². The molecule has 0 saturated heterocycles.